The first-order valence-corrected chi connectivity index (χ1v) is 6.88. The lowest BCUT2D eigenvalue weighted by molar-refractivity contribution is -0.124. The molecule has 1 heterocycles. The van der Waals surface area contributed by atoms with Crippen molar-refractivity contribution in [2.75, 3.05) is 13.2 Å². The number of rotatable bonds is 5. The third-order valence-electron chi connectivity index (χ3n) is 3.39. The van der Waals surface area contributed by atoms with Crippen LogP contribution in [-0.4, -0.2) is 25.1 Å². The standard InChI is InChI=1S/C15H22N2O2.ClH/c1-11(16)6-8-17-15(18)10-14-13-5-3-2-4-12(13)7-9-19-14;/h2-5,11,14H,6-10,16H2,1H3,(H,17,18);1H. The zero-order valence-electron chi connectivity index (χ0n) is 11.8. The second-order valence-electron chi connectivity index (χ2n) is 5.13. The van der Waals surface area contributed by atoms with Crippen LogP contribution in [0.1, 0.15) is 37.0 Å². The largest absolute Gasteiger partial charge is 0.373 e. The number of benzene rings is 1. The number of ether oxygens (including phenoxy) is 1. The van der Waals surface area contributed by atoms with Crippen LogP contribution in [0.15, 0.2) is 24.3 Å². The average molecular weight is 299 g/mol. The highest BCUT2D eigenvalue weighted by Gasteiger charge is 2.22. The molecule has 0 spiro atoms. The van der Waals surface area contributed by atoms with Crippen molar-refractivity contribution in [1.82, 2.24) is 5.32 Å². The van der Waals surface area contributed by atoms with Crippen molar-refractivity contribution in [1.29, 1.82) is 0 Å². The highest BCUT2D eigenvalue weighted by Crippen LogP contribution is 2.29. The minimum Gasteiger partial charge on any atom is -0.373 e. The van der Waals surface area contributed by atoms with Gasteiger partial charge in [-0.1, -0.05) is 24.3 Å². The van der Waals surface area contributed by atoms with Crippen LogP contribution in [-0.2, 0) is 16.0 Å². The molecule has 0 bridgehead atoms. The van der Waals surface area contributed by atoms with Gasteiger partial charge in [-0.25, -0.2) is 0 Å². The Kier molecular flexibility index (Phi) is 6.99. The van der Waals surface area contributed by atoms with Gasteiger partial charge in [0, 0.05) is 12.6 Å². The SMILES string of the molecule is CC(N)CCNC(=O)CC1OCCc2ccccc21.Cl. The van der Waals surface area contributed by atoms with Gasteiger partial charge in [0.05, 0.1) is 19.1 Å². The fourth-order valence-electron chi connectivity index (χ4n) is 2.33. The fourth-order valence-corrected chi connectivity index (χ4v) is 2.33. The number of nitrogens with one attached hydrogen (secondary N) is 1. The van der Waals surface area contributed by atoms with Gasteiger partial charge in [-0.05, 0) is 30.9 Å². The molecular weight excluding hydrogens is 276 g/mol. The molecule has 20 heavy (non-hydrogen) atoms. The molecule has 2 unspecified atom stereocenters. The number of hydrogen-bond acceptors (Lipinski definition) is 3. The minimum atomic E-state index is -0.111. The molecular formula is C15H23ClN2O2. The summed E-state index contributed by atoms with van der Waals surface area (Å²) < 4.78 is 5.72. The van der Waals surface area contributed by atoms with Gasteiger partial charge < -0.3 is 15.8 Å². The highest BCUT2D eigenvalue weighted by molar-refractivity contribution is 5.85. The summed E-state index contributed by atoms with van der Waals surface area (Å²) in [6.45, 7) is 3.26. The lowest BCUT2D eigenvalue weighted by Gasteiger charge is -2.25. The molecule has 0 radical (unpaired) electrons. The van der Waals surface area contributed by atoms with Crippen molar-refractivity contribution in [3.8, 4) is 0 Å². The van der Waals surface area contributed by atoms with E-state index in [2.05, 4.69) is 11.4 Å². The number of nitrogens with two attached hydrogens (primary N) is 1. The number of amides is 1. The Morgan fingerprint density at radius 3 is 3.00 bits per heavy atom. The first-order valence-electron chi connectivity index (χ1n) is 6.88. The van der Waals surface area contributed by atoms with E-state index in [0.717, 1.165) is 18.4 Å². The average Bonchev–Trinajstić information content (AvgIpc) is 2.39. The van der Waals surface area contributed by atoms with E-state index in [1.807, 2.05) is 25.1 Å². The summed E-state index contributed by atoms with van der Waals surface area (Å²) in [5.74, 6) is 0.0300. The summed E-state index contributed by atoms with van der Waals surface area (Å²) in [6.07, 6.45) is 2.00. The lowest BCUT2D eigenvalue weighted by atomic mass is 9.95. The maximum atomic E-state index is 11.9. The van der Waals surface area contributed by atoms with E-state index in [1.54, 1.807) is 0 Å². The second kappa shape index (κ2) is 8.25. The van der Waals surface area contributed by atoms with Gasteiger partial charge in [0.25, 0.3) is 0 Å². The third-order valence-corrected chi connectivity index (χ3v) is 3.39. The van der Waals surface area contributed by atoms with E-state index in [1.165, 1.54) is 5.56 Å². The molecule has 3 N–H and O–H groups in total. The van der Waals surface area contributed by atoms with Crippen molar-refractivity contribution in [3.05, 3.63) is 35.4 Å². The summed E-state index contributed by atoms with van der Waals surface area (Å²) in [5.41, 5.74) is 8.09. The third kappa shape index (κ3) is 4.78. The fraction of sp³-hybridized carbons (Fsp3) is 0.533. The predicted octanol–water partition coefficient (Wildman–Crippen LogP) is 1.97. The number of carbonyl (C=O) groups excluding carboxylic acids is 1. The Morgan fingerprint density at radius 2 is 2.25 bits per heavy atom. The summed E-state index contributed by atoms with van der Waals surface area (Å²) in [5, 5.41) is 2.89. The number of fused-ring (bicyclic) bond motifs is 1. The maximum Gasteiger partial charge on any atom is 0.222 e. The van der Waals surface area contributed by atoms with Gasteiger partial charge >= 0.3 is 0 Å². The van der Waals surface area contributed by atoms with E-state index in [-0.39, 0.29) is 30.5 Å². The molecule has 1 aliphatic heterocycles. The summed E-state index contributed by atoms with van der Waals surface area (Å²) >= 11 is 0. The van der Waals surface area contributed by atoms with Gasteiger partial charge in [0.15, 0.2) is 0 Å². The summed E-state index contributed by atoms with van der Waals surface area (Å²) in [4.78, 5) is 11.9. The molecule has 1 amide bonds. The lowest BCUT2D eigenvalue weighted by Crippen LogP contribution is -2.31. The molecule has 112 valence electrons. The predicted molar refractivity (Wildman–Crippen MR) is 82.0 cm³/mol. The molecule has 2 rings (SSSR count). The van der Waals surface area contributed by atoms with E-state index in [0.29, 0.717) is 19.6 Å². The van der Waals surface area contributed by atoms with Crippen LogP contribution in [0.4, 0.5) is 0 Å². The van der Waals surface area contributed by atoms with E-state index < -0.39 is 0 Å². The molecule has 0 aliphatic carbocycles. The monoisotopic (exact) mass is 298 g/mol. The quantitative estimate of drug-likeness (QED) is 0.873. The van der Waals surface area contributed by atoms with Crippen LogP contribution in [0.2, 0.25) is 0 Å². The van der Waals surface area contributed by atoms with Crippen LogP contribution in [0.3, 0.4) is 0 Å². The molecule has 0 fully saturated rings. The summed E-state index contributed by atoms with van der Waals surface area (Å²) in [7, 11) is 0. The van der Waals surface area contributed by atoms with Gasteiger partial charge in [0.2, 0.25) is 5.91 Å². The van der Waals surface area contributed by atoms with Gasteiger partial charge in [-0.2, -0.15) is 0 Å². The van der Waals surface area contributed by atoms with Crippen molar-refractivity contribution in [3.63, 3.8) is 0 Å². The van der Waals surface area contributed by atoms with E-state index in [4.69, 9.17) is 10.5 Å². The van der Waals surface area contributed by atoms with Crippen LogP contribution >= 0.6 is 12.4 Å². The molecule has 5 heteroatoms. The normalized spacial score (nSPS) is 18.6. The van der Waals surface area contributed by atoms with Gasteiger partial charge in [-0.3, -0.25) is 4.79 Å². The Morgan fingerprint density at radius 1 is 1.50 bits per heavy atom. The minimum absolute atomic E-state index is 0. The number of halogens is 1. The number of hydrogen-bond donors (Lipinski definition) is 2. The zero-order valence-corrected chi connectivity index (χ0v) is 12.6. The topological polar surface area (TPSA) is 64.3 Å². The van der Waals surface area contributed by atoms with Gasteiger partial charge in [0.1, 0.15) is 0 Å². The van der Waals surface area contributed by atoms with Crippen molar-refractivity contribution in [2.24, 2.45) is 5.73 Å². The maximum absolute atomic E-state index is 11.9. The molecule has 0 saturated heterocycles. The molecule has 0 aromatic heterocycles. The van der Waals surface area contributed by atoms with Crippen molar-refractivity contribution >= 4 is 18.3 Å². The Bertz CT molecular complexity index is 438. The summed E-state index contributed by atoms with van der Waals surface area (Å²) in [6, 6.07) is 8.30. The molecule has 1 aromatic rings. The highest BCUT2D eigenvalue weighted by atomic mass is 35.5. The van der Waals surface area contributed by atoms with Crippen LogP contribution in [0.5, 0.6) is 0 Å². The first-order chi connectivity index (χ1) is 9.16. The first kappa shape index (κ1) is 17.0. The van der Waals surface area contributed by atoms with Gasteiger partial charge in [-0.15, -0.1) is 12.4 Å². The van der Waals surface area contributed by atoms with Crippen molar-refractivity contribution < 1.29 is 9.53 Å². The second-order valence-corrected chi connectivity index (χ2v) is 5.13. The smallest absolute Gasteiger partial charge is 0.222 e. The van der Waals surface area contributed by atoms with Crippen LogP contribution < -0.4 is 11.1 Å². The van der Waals surface area contributed by atoms with Crippen LogP contribution in [0.25, 0.3) is 0 Å². The number of carbonyl (C=O) groups is 1. The Labute approximate surface area is 126 Å². The molecule has 0 saturated carbocycles. The van der Waals surface area contributed by atoms with Crippen molar-refractivity contribution in [2.45, 2.75) is 38.3 Å². The molecule has 1 aromatic carbocycles. The van der Waals surface area contributed by atoms with Crippen LogP contribution in [0, 0.1) is 0 Å². The zero-order chi connectivity index (χ0) is 13.7. The van der Waals surface area contributed by atoms with E-state index in [9.17, 15) is 4.79 Å². The van der Waals surface area contributed by atoms with E-state index >= 15 is 0 Å². The molecule has 1 aliphatic rings. The molecule has 4 nitrogen and oxygen atoms in total. The molecule has 2 atom stereocenters. The Balaban J connectivity index is 0.00000200. The Hall–Kier alpha value is -1.10.